The number of ether oxygens (including phenoxy) is 2. The molecule has 10 nitrogen and oxygen atoms in total. The molecule has 178 valence electrons. The van der Waals surface area contributed by atoms with Crippen LogP contribution in [0.15, 0.2) is 47.9 Å². The fourth-order valence-electron chi connectivity index (χ4n) is 2.30. The molecule has 0 aromatic carbocycles. The van der Waals surface area contributed by atoms with E-state index in [0.29, 0.717) is 26.2 Å². The highest BCUT2D eigenvalue weighted by Crippen LogP contribution is 2.00. The molecule has 0 saturated heterocycles. The Hall–Kier alpha value is -4.54. The van der Waals surface area contributed by atoms with Crippen LogP contribution in [0.1, 0.15) is 26.7 Å². The fraction of sp³-hybridized carbons (Fsp3) is 0.417. The van der Waals surface area contributed by atoms with Crippen LogP contribution in [-0.4, -0.2) is 61.1 Å². The van der Waals surface area contributed by atoms with E-state index in [1.165, 1.54) is 12.2 Å². The molecular formula is C24H28N6O4. The minimum Gasteiger partial charge on any atom is -0.464 e. The van der Waals surface area contributed by atoms with E-state index in [1.807, 2.05) is 23.6 Å². The molecular weight excluding hydrogens is 436 g/mol. The fourth-order valence-corrected chi connectivity index (χ4v) is 2.30. The molecule has 0 heterocycles. The summed E-state index contributed by atoms with van der Waals surface area (Å²) >= 11 is 0. The van der Waals surface area contributed by atoms with Crippen molar-refractivity contribution < 1.29 is 19.1 Å². The Morgan fingerprint density at radius 3 is 1.35 bits per heavy atom. The van der Waals surface area contributed by atoms with Crippen LogP contribution in [0, 0.1) is 45.3 Å². The van der Waals surface area contributed by atoms with E-state index in [-0.39, 0.29) is 37.2 Å². The lowest BCUT2D eigenvalue weighted by Crippen LogP contribution is -2.24. The first-order valence-corrected chi connectivity index (χ1v) is 10.6. The molecule has 0 unspecified atom stereocenters. The van der Waals surface area contributed by atoms with Gasteiger partial charge >= 0.3 is 11.9 Å². The number of likely N-dealkylation sites (N-methyl/N-ethyl adjacent to an activating group) is 2. The Morgan fingerprint density at radius 1 is 0.706 bits per heavy atom. The Bertz CT molecular complexity index is 844. The summed E-state index contributed by atoms with van der Waals surface area (Å²) in [6.07, 6.45) is 9.14. The van der Waals surface area contributed by atoms with Gasteiger partial charge in [0, 0.05) is 13.1 Å². The number of esters is 2. The number of nitrogens with zero attached hydrogens (tertiary/aromatic N) is 6. The van der Waals surface area contributed by atoms with E-state index in [1.54, 1.807) is 48.8 Å². The molecule has 0 rings (SSSR count). The Labute approximate surface area is 200 Å². The molecule has 10 heteroatoms. The van der Waals surface area contributed by atoms with Crippen LogP contribution >= 0.6 is 0 Å². The number of nitriles is 4. The van der Waals surface area contributed by atoms with Crippen LogP contribution in [0.4, 0.5) is 0 Å². The molecule has 0 fully saturated rings. The summed E-state index contributed by atoms with van der Waals surface area (Å²) in [6.45, 7) is 6.19. The van der Waals surface area contributed by atoms with Crippen molar-refractivity contribution in [3.63, 3.8) is 0 Å². The molecule has 0 aliphatic heterocycles. The average Bonchev–Trinajstić information content (AvgIpc) is 2.85. The third kappa shape index (κ3) is 14.5. The van der Waals surface area contributed by atoms with Crippen molar-refractivity contribution in [2.24, 2.45) is 0 Å². The van der Waals surface area contributed by atoms with Gasteiger partial charge in [-0.3, -0.25) is 9.59 Å². The quantitative estimate of drug-likeness (QED) is 0.200. The van der Waals surface area contributed by atoms with E-state index < -0.39 is 11.9 Å². The van der Waals surface area contributed by atoms with Gasteiger partial charge in [-0.25, -0.2) is 0 Å². The van der Waals surface area contributed by atoms with Crippen LogP contribution in [0.3, 0.4) is 0 Å². The number of hydrogen-bond acceptors (Lipinski definition) is 10. The Balaban J connectivity index is 4.22. The maximum atomic E-state index is 11.8. The third-order valence-electron chi connectivity index (χ3n) is 4.23. The van der Waals surface area contributed by atoms with Gasteiger partial charge in [0.2, 0.25) is 0 Å². The second kappa shape index (κ2) is 19.2. The summed E-state index contributed by atoms with van der Waals surface area (Å²) in [7, 11) is 0. The number of carbonyl (C=O) groups excluding carboxylic acids is 2. The number of carbonyl (C=O) groups is 2. The van der Waals surface area contributed by atoms with Gasteiger partial charge < -0.3 is 19.3 Å². The summed E-state index contributed by atoms with van der Waals surface area (Å²) in [4.78, 5) is 27.4. The van der Waals surface area contributed by atoms with Crippen molar-refractivity contribution in [3.8, 4) is 24.3 Å². The molecule has 0 N–H and O–H groups in total. The molecule has 34 heavy (non-hydrogen) atoms. The van der Waals surface area contributed by atoms with Crippen LogP contribution in [0.5, 0.6) is 0 Å². The third-order valence-corrected chi connectivity index (χ3v) is 4.23. The molecule has 0 spiro atoms. The molecule has 0 aromatic heterocycles. The molecule has 0 atom stereocenters. The number of rotatable bonds is 15. The lowest BCUT2D eigenvalue weighted by Gasteiger charge is -2.18. The van der Waals surface area contributed by atoms with Crippen LogP contribution < -0.4 is 0 Å². The zero-order chi connectivity index (χ0) is 25.6. The van der Waals surface area contributed by atoms with E-state index in [9.17, 15) is 9.59 Å². The monoisotopic (exact) mass is 464 g/mol. The maximum absolute atomic E-state index is 11.8. The maximum Gasteiger partial charge on any atom is 0.306 e. The van der Waals surface area contributed by atoms with Gasteiger partial charge in [0.25, 0.3) is 0 Å². The second-order valence-electron chi connectivity index (χ2n) is 6.49. The zero-order valence-corrected chi connectivity index (χ0v) is 19.4. The van der Waals surface area contributed by atoms with Crippen molar-refractivity contribution in [2.45, 2.75) is 26.7 Å². The minimum atomic E-state index is -0.510. The van der Waals surface area contributed by atoms with Crippen molar-refractivity contribution in [2.75, 3.05) is 39.4 Å². The van der Waals surface area contributed by atoms with Gasteiger partial charge in [-0.1, -0.05) is 0 Å². The molecule has 0 aliphatic carbocycles. The highest BCUT2D eigenvalue weighted by atomic mass is 16.5. The van der Waals surface area contributed by atoms with Gasteiger partial charge in [0.1, 0.15) is 48.6 Å². The topological polar surface area (TPSA) is 154 Å². The first-order valence-electron chi connectivity index (χ1n) is 10.6. The molecule has 0 amide bonds. The lowest BCUT2D eigenvalue weighted by atomic mass is 10.3. The van der Waals surface area contributed by atoms with Crippen molar-refractivity contribution in [3.05, 3.63) is 47.9 Å². The molecule has 0 saturated carbocycles. The normalized spacial score (nSPS) is 9.71. The molecule has 0 bridgehead atoms. The first kappa shape index (κ1) is 29.5. The number of hydrogen-bond donors (Lipinski definition) is 0. The summed E-state index contributed by atoms with van der Waals surface area (Å²) in [5, 5.41) is 34.7. The van der Waals surface area contributed by atoms with Crippen molar-refractivity contribution >= 4 is 11.9 Å². The van der Waals surface area contributed by atoms with Gasteiger partial charge in [0.05, 0.1) is 25.9 Å². The highest BCUT2D eigenvalue weighted by molar-refractivity contribution is 5.77. The van der Waals surface area contributed by atoms with Crippen LogP contribution in [0.25, 0.3) is 0 Å². The average molecular weight is 465 g/mol. The van der Waals surface area contributed by atoms with Gasteiger partial charge in [0.15, 0.2) is 0 Å². The SMILES string of the molecule is CCN(/C=C/C=C(C#N)C#N)CCOC(=O)CCC(=O)OCCN(/C=C/C=C(C#N)C#N)CC. The van der Waals surface area contributed by atoms with Gasteiger partial charge in [-0.2, -0.15) is 21.0 Å². The van der Waals surface area contributed by atoms with Crippen molar-refractivity contribution in [1.29, 1.82) is 21.0 Å². The standard InChI is InChI=1S/C24H28N6O4/c1-3-29(11-5-7-21(17-25)18-26)13-15-33-23(31)9-10-24(32)34-16-14-30(4-2)12-6-8-22(19-27)20-28/h5-8,11-12H,3-4,9-10,13-16H2,1-2H3/b11-5+,12-6+. The lowest BCUT2D eigenvalue weighted by molar-refractivity contribution is -0.150. The largest absolute Gasteiger partial charge is 0.464 e. The molecule has 0 aromatic rings. The van der Waals surface area contributed by atoms with Gasteiger partial charge in [-0.15, -0.1) is 0 Å². The smallest absolute Gasteiger partial charge is 0.306 e. The van der Waals surface area contributed by atoms with E-state index in [0.717, 1.165) is 0 Å². The predicted octanol–water partition coefficient (Wildman–Crippen LogP) is 2.47. The zero-order valence-electron chi connectivity index (χ0n) is 19.4. The molecule has 0 aliphatic rings. The molecule has 0 radical (unpaired) electrons. The second-order valence-corrected chi connectivity index (χ2v) is 6.49. The summed E-state index contributed by atoms with van der Waals surface area (Å²) < 4.78 is 10.3. The first-order chi connectivity index (χ1) is 16.4. The minimum absolute atomic E-state index is 0.00794. The van der Waals surface area contributed by atoms with E-state index in [4.69, 9.17) is 30.5 Å². The summed E-state index contributed by atoms with van der Waals surface area (Å²) in [5.41, 5.74) is -0.0159. The van der Waals surface area contributed by atoms with Crippen LogP contribution in [-0.2, 0) is 19.1 Å². The highest BCUT2D eigenvalue weighted by Gasteiger charge is 2.10. The van der Waals surface area contributed by atoms with Gasteiger partial charge in [-0.05, 0) is 50.6 Å². The van der Waals surface area contributed by atoms with E-state index >= 15 is 0 Å². The summed E-state index contributed by atoms with van der Waals surface area (Å²) in [6, 6.07) is 7.03. The van der Waals surface area contributed by atoms with Crippen LogP contribution in [0.2, 0.25) is 0 Å². The number of allylic oxidation sites excluding steroid dienone is 6. The predicted molar refractivity (Wildman–Crippen MR) is 123 cm³/mol. The van der Waals surface area contributed by atoms with E-state index in [2.05, 4.69) is 0 Å². The summed E-state index contributed by atoms with van der Waals surface area (Å²) in [5.74, 6) is -1.02. The van der Waals surface area contributed by atoms with Crippen molar-refractivity contribution in [1.82, 2.24) is 9.80 Å². The Morgan fingerprint density at radius 2 is 1.06 bits per heavy atom. The Kier molecular flexibility index (Phi) is 16.6.